The second-order valence-corrected chi connectivity index (χ2v) is 12.5. The van der Waals surface area contributed by atoms with Crippen LogP contribution < -0.4 is 16.2 Å². The highest BCUT2D eigenvalue weighted by molar-refractivity contribution is 5.94. The highest BCUT2D eigenvalue weighted by Crippen LogP contribution is 2.35. The second kappa shape index (κ2) is 11.5. The van der Waals surface area contributed by atoms with Gasteiger partial charge in [-0.25, -0.2) is 0 Å². The lowest BCUT2D eigenvalue weighted by Crippen LogP contribution is -2.63. The maximum atomic E-state index is 13.6. The fourth-order valence-corrected chi connectivity index (χ4v) is 4.98. The highest BCUT2D eigenvalue weighted by atomic mass is 19.4. The van der Waals surface area contributed by atoms with E-state index in [2.05, 4.69) is 10.3 Å². The van der Waals surface area contributed by atoms with Crippen LogP contribution >= 0.6 is 0 Å². The number of hydrogen-bond donors (Lipinski definition) is 3. The van der Waals surface area contributed by atoms with E-state index in [1.807, 2.05) is 39.0 Å². The minimum Gasteiger partial charge on any atom is -0.338 e. The molecule has 1 unspecified atom stereocenters. The Balaban J connectivity index is 1.87. The Bertz CT molecular complexity index is 1440. The van der Waals surface area contributed by atoms with Crippen molar-refractivity contribution in [1.29, 1.82) is 5.26 Å². The zero-order valence-corrected chi connectivity index (χ0v) is 24.0. The van der Waals surface area contributed by atoms with Crippen LogP contribution in [-0.4, -0.2) is 58.5 Å². The summed E-state index contributed by atoms with van der Waals surface area (Å²) in [7, 11) is 0. The van der Waals surface area contributed by atoms with Crippen LogP contribution in [0.1, 0.15) is 58.6 Å². The number of aromatic nitrogens is 1. The number of nitrogens with zero attached hydrogens (tertiary/aromatic N) is 2. The van der Waals surface area contributed by atoms with Gasteiger partial charge in [0.25, 0.3) is 5.56 Å². The fourth-order valence-electron chi connectivity index (χ4n) is 4.98. The van der Waals surface area contributed by atoms with E-state index in [9.17, 15) is 37.6 Å². The molecule has 3 N–H and O–H groups in total. The number of piperidine rings is 1. The van der Waals surface area contributed by atoms with Gasteiger partial charge in [-0.3, -0.25) is 19.2 Å². The molecule has 3 rings (SSSR count). The summed E-state index contributed by atoms with van der Waals surface area (Å²) >= 11 is 0. The van der Waals surface area contributed by atoms with Crippen molar-refractivity contribution < 1.29 is 27.6 Å². The standard InChI is InChI=1S/C29H36F3N5O4/c1-16-7-8-20-17(11-16)12-18(23(38)35-20)13-19(15-33)34-24(39)21-14-28(5,6)9-10-37(21)25(40)22(27(2,3)4)36-26(41)29(30,31)32/h7-8,11-12,19,21-22H,9-10,13-14H2,1-6H3,(H,34,39)(H,35,38)(H,36,41)/t19?,21-,22+/m0/s1. The lowest BCUT2D eigenvalue weighted by molar-refractivity contribution is -0.176. The predicted molar refractivity (Wildman–Crippen MR) is 147 cm³/mol. The van der Waals surface area contributed by atoms with E-state index in [0.717, 1.165) is 10.9 Å². The molecule has 1 aliphatic rings. The maximum Gasteiger partial charge on any atom is 0.471 e. The highest BCUT2D eigenvalue weighted by Gasteiger charge is 2.47. The number of pyridine rings is 1. The van der Waals surface area contributed by atoms with Crippen molar-refractivity contribution in [3.8, 4) is 6.07 Å². The molecule has 2 heterocycles. The van der Waals surface area contributed by atoms with Crippen LogP contribution in [0.3, 0.4) is 0 Å². The fraction of sp³-hybridized carbons (Fsp3) is 0.552. The van der Waals surface area contributed by atoms with Crippen LogP contribution in [0.5, 0.6) is 0 Å². The normalized spacial score (nSPS) is 18.7. The molecule has 2 aromatic rings. The lowest BCUT2D eigenvalue weighted by atomic mass is 9.77. The number of hydrogen-bond acceptors (Lipinski definition) is 5. The Morgan fingerprint density at radius 3 is 2.41 bits per heavy atom. The van der Waals surface area contributed by atoms with Crippen LogP contribution in [-0.2, 0) is 20.8 Å². The third-order valence-corrected chi connectivity index (χ3v) is 7.36. The molecule has 0 bridgehead atoms. The summed E-state index contributed by atoms with van der Waals surface area (Å²) in [6, 6.07) is 5.39. The van der Waals surface area contributed by atoms with Crippen molar-refractivity contribution in [3.63, 3.8) is 0 Å². The number of rotatable bonds is 6. The average molecular weight is 576 g/mol. The Kier molecular flexibility index (Phi) is 8.91. The molecule has 3 amide bonds. The first-order chi connectivity index (χ1) is 18.8. The number of amides is 3. The number of aryl methyl sites for hydroxylation is 1. The number of aromatic amines is 1. The number of carbonyl (C=O) groups excluding carboxylic acids is 3. The molecule has 41 heavy (non-hydrogen) atoms. The predicted octanol–water partition coefficient (Wildman–Crippen LogP) is 3.50. The van der Waals surface area contributed by atoms with Crippen LogP contribution in [0.15, 0.2) is 29.1 Å². The van der Waals surface area contributed by atoms with E-state index in [1.165, 1.54) is 25.7 Å². The number of H-pyrrole nitrogens is 1. The van der Waals surface area contributed by atoms with Gasteiger partial charge in [0, 0.05) is 24.0 Å². The van der Waals surface area contributed by atoms with Gasteiger partial charge in [-0.1, -0.05) is 46.2 Å². The van der Waals surface area contributed by atoms with Gasteiger partial charge in [-0.2, -0.15) is 18.4 Å². The van der Waals surface area contributed by atoms with Gasteiger partial charge in [-0.15, -0.1) is 0 Å². The molecular weight excluding hydrogens is 539 g/mol. The summed E-state index contributed by atoms with van der Waals surface area (Å²) in [5.74, 6) is -3.73. The number of halogens is 3. The number of nitriles is 1. The Morgan fingerprint density at radius 1 is 1.17 bits per heavy atom. The summed E-state index contributed by atoms with van der Waals surface area (Å²) in [6.45, 7) is 10.3. The third kappa shape index (κ3) is 7.65. The van der Waals surface area contributed by atoms with Gasteiger partial charge >= 0.3 is 12.1 Å². The largest absolute Gasteiger partial charge is 0.471 e. The minimum absolute atomic E-state index is 0.0688. The van der Waals surface area contributed by atoms with E-state index in [-0.39, 0.29) is 30.4 Å². The summed E-state index contributed by atoms with van der Waals surface area (Å²) < 4.78 is 39.1. The van der Waals surface area contributed by atoms with Gasteiger partial charge < -0.3 is 20.5 Å². The van der Waals surface area contributed by atoms with Crippen molar-refractivity contribution in [3.05, 3.63) is 45.7 Å². The quantitative estimate of drug-likeness (QED) is 0.485. The lowest BCUT2D eigenvalue weighted by Gasteiger charge is -2.45. The molecule has 0 aliphatic carbocycles. The summed E-state index contributed by atoms with van der Waals surface area (Å²) in [4.78, 5) is 55.6. The monoisotopic (exact) mass is 575 g/mol. The second-order valence-electron chi connectivity index (χ2n) is 12.5. The number of nitrogens with one attached hydrogen (secondary N) is 3. The van der Waals surface area contributed by atoms with E-state index < -0.39 is 53.0 Å². The Labute approximate surface area is 236 Å². The van der Waals surface area contributed by atoms with E-state index in [1.54, 1.807) is 17.4 Å². The molecule has 1 aromatic heterocycles. The van der Waals surface area contributed by atoms with Crippen molar-refractivity contribution >= 4 is 28.6 Å². The molecule has 12 heteroatoms. The SMILES string of the molecule is Cc1ccc2[nH]c(=O)c(CC(C#N)NC(=O)[C@@H]3CC(C)(C)CCN3C(=O)[C@@H](NC(=O)C(F)(F)F)C(C)(C)C)cc2c1. The summed E-state index contributed by atoms with van der Waals surface area (Å²) in [5.41, 5.74) is 0.00312. The first-order valence-electron chi connectivity index (χ1n) is 13.3. The number of likely N-dealkylation sites (tertiary alicyclic amines) is 1. The number of fused-ring (bicyclic) bond motifs is 1. The first-order valence-corrected chi connectivity index (χ1v) is 13.3. The molecule has 0 radical (unpaired) electrons. The van der Waals surface area contributed by atoms with Crippen molar-refractivity contribution in [2.24, 2.45) is 10.8 Å². The van der Waals surface area contributed by atoms with Crippen LogP contribution in [0.25, 0.3) is 10.9 Å². The first kappa shape index (κ1) is 31.6. The van der Waals surface area contributed by atoms with Crippen LogP contribution in [0.4, 0.5) is 13.2 Å². The molecule has 1 fully saturated rings. The number of carbonyl (C=O) groups is 3. The van der Waals surface area contributed by atoms with Gasteiger partial charge in [0.15, 0.2) is 0 Å². The van der Waals surface area contributed by atoms with E-state index >= 15 is 0 Å². The minimum atomic E-state index is -5.19. The van der Waals surface area contributed by atoms with Gasteiger partial charge in [0.05, 0.1) is 6.07 Å². The Hall–Kier alpha value is -3.88. The van der Waals surface area contributed by atoms with Crippen molar-refractivity contribution in [1.82, 2.24) is 20.5 Å². The molecule has 1 aromatic carbocycles. The topological polar surface area (TPSA) is 135 Å². The Morgan fingerprint density at radius 2 is 1.83 bits per heavy atom. The van der Waals surface area contributed by atoms with Crippen LogP contribution in [0.2, 0.25) is 0 Å². The van der Waals surface area contributed by atoms with Crippen molar-refractivity contribution in [2.75, 3.05) is 6.54 Å². The molecule has 1 aliphatic heterocycles. The van der Waals surface area contributed by atoms with Gasteiger partial charge in [-0.05, 0) is 54.2 Å². The smallest absolute Gasteiger partial charge is 0.338 e. The summed E-state index contributed by atoms with van der Waals surface area (Å²) in [5, 5.41) is 15.0. The van der Waals surface area contributed by atoms with Crippen LogP contribution in [0, 0.1) is 29.1 Å². The zero-order chi connectivity index (χ0) is 30.9. The number of alkyl halides is 3. The third-order valence-electron chi connectivity index (χ3n) is 7.36. The summed E-state index contributed by atoms with van der Waals surface area (Å²) in [6.07, 6.45) is -4.63. The molecular formula is C29H36F3N5O4. The van der Waals surface area contributed by atoms with E-state index in [0.29, 0.717) is 11.9 Å². The van der Waals surface area contributed by atoms with Crippen molar-refractivity contribution in [2.45, 2.75) is 85.1 Å². The molecule has 1 saturated heterocycles. The number of benzene rings is 1. The molecule has 3 atom stereocenters. The molecule has 9 nitrogen and oxygen atoms in total. The molecule has 222 valence electrons. The van der Waals surface area contributed by atoms with Gasteiger partial charge in [0.1, 0.15) is 18.1 Å². The average Bonchev–Trinajstić information content (AvgIpc) is 2.85. The van der Waals surface area contributed by atoms with E-state index in [4.69, 9.17) is 0 Å². The zero-order valence-electron chi connectivity index (χ0n) is 24.0. The van der Waals surface area contributed by atoms with Gasteiger partial charge in [0.2, 0.25) is 11.8 Å². The molecule has 0 saturated carbocycles. The maximum absolute atomic E-state index is 13.6. The molecule has 0 spiro atoms.